The molecule has 0 amide bonds. The molecule has 20 heavy (non-hydrogen) atoms. The maximum atomic E-state index is 13.3. The molecular formula is C14H11FN2O2S. The van der Waals surface area contributed by atoms with Gasteiger partial charge in [0.1, 0.15) is 5.82 Å². The van der Waals surface area contributed by atoms with Crippen LogP contribution in [0.25, 0.3) is 11.3 Å². The van der Waals surface area contributed by atoms with Crippen LogP contribution in [-0.2, 0) is 6.54 Å². The summed E-state index contributed by atoms with van der Waals surface area (Å²) in [4.78, 5) is 11.8. The summed E-state index contributed by atoms with van der Waals surface area (Å²) in [7, 11) is 0. The van der Waals surface area contributed by atoms with E-state index in [-0.39, 0.29) is 17.2 Å². The van der Waals surface area contributed by atoms with Crippen molar-refractivity contribution in [1.29, 1.82) is 0 Å². The lowest BCUT2D eigenvalue weighted by atomic mass is 10.1. The minimum Gasteiger partial charge on any atom is -0.359 e. The van der Waals surface area contributed by atoms with Crippen molar-refractivity contribution in [3.05, 3.63) is 62.7 Å². The highest BCUT2D eigenvalue weighted by molar-refractivity contribution is 7.07. The van der Waals surface area contributed by atoms with E-state index in [9.17, 15) is 9.18 Å². The highest BCUT2D eigenvalue weighted by atomic mass is 32.1. The maximum absolute atomic E-state index is 13.3. The first-order chi connectivity index (χ1) is 9.63. The van der Waals surface area contributed by atoms with Crippen molar-refractivity contribution in [2.24, 2.45) is 0 Å². The minimum atomic E-state index is -0.330. The second-order valence-corrected chi connectivity index (χ2v) is 5.24. The SMILES string of the molecule is Cc1cc(Cn2c(-c3cccc(F)c3)csc2=O)on1. The third kappa shape index (κ3) is 2.42. The molecule has 6 heteroatoms. The zero-order valence-corrected chi connectivity index (χ0v) is 11.5. The number of benzene rings is 1. The molecule has 0 aliphatic carbocycles. The number of aromatic nitrogens is 2. The Balaban J connectivity index is 2.03. The molecule has 2 heterocycles. The number of hydrogen-bond acceptors (Lipinski definition) is 4. The zero-order chi connectivity index (χ0) is 14.1. The number of hydrogen-bond donors (Lipinski definition) is 0. The van der Waals surface area contributed by atoms with Gasteiger partial charge in [-0.1, -0.05) is 28.6 Å². The van der Waals surface area contributed by atoms with Gasteiger partial charge < -0.3 is 4.52 Å². The number of rotatable bonds is 3. The molecule has 0 atom stereocenters. The summed E-state index contributed by atoms with van der Waals surface area (Å²) in [5.41, 5.74) is 2.10. The molecule has 102 valence electrons. The van der Waals surface area contributed by atoms with E-state index in [0.29, 0.717) is 17.0 Å². The smallest absolute Gasteiger partial charge is 0.307 e. The summed E-state index contributed by atoms with van der Waals surface area (Å²) in [6.45, 7) is 2.10. The molecular weight excluding hydrogens is 279 g/mol. The lowest BCUT2D eigenvalue weighted by molar-refractivity contribution is 0.373. The van der Waals surface area contributed by atoms with Gasteiger partial charge in [-0.25, -0.2) is 4.39 Å². The number of nitrogens with zero attached hydrogens (tertiary/aromatic N) is 2. The summed E-state index contributed by atoms with van der Waals surface area (Å²) >= 11 is 1.08. The van der Waals surface area contributed by atoms with E-state index >= 15 is 0 Å². The molecule has 0 fully saturated rings. The Morgan fingerprint density at radius 1 is 1.40 bits per heavy atom. The Morgan fingerprint density at radius 2 is 2.25 bits per heavy atom. The third-order valence-corrected chi connectivity index (χ3v) is 3.66. The molecule has 0 saturated heterocycles. The van der Waals surface area contributed by atoms with Gasteiger partial charge in [-0.15, -0.1) is 0 Å². The quantitative estimate of drug-likeness (QED) is 0.745. The van der Waals surface area contributed by atoms with Crippen LogP contribution < -0.4 is 4.87 Å². The molecule has 0 radical (unpaired) electrons. The maximum Gasteiger partial charge on any atom is 0.307 e. The van der Waals surface area contributed by atoms with Crippen LogP contribution in [0.15, 0.2) is 45.0 Å². The molecule has 3 aromatic rings. The van der Waals surface area contributed by atoms with Crippen molar-refractivity contribution in [2.75, 3.05) is 0 Å². The van der Waals surface area contributed by atoms with Crippen molar-refractivity contribution in [3.8, 4) is 11.3 Å². The van der Waals surface area contributed by atoms with Gasteiger partial charge in [-0.3, -0.25) is 9.36 Å². The average molecular weight is 290 g/mol. The number of thiazole rings is 1. The van der Waals surface area contributed by atoms with E-state index < -0.39 is 0 Å². The second kappa shape index (κ2) is 5.05. The monoisotopic (exact) mass is 290 g/mol. The second-order valence-electron chi connectivity index (χ2n) is 4.42. The van der Waals surface area contributed by atoms with Crippen molar-refractivity contribution < 1.29 is 8.91 Å². The Labute approximate surface area is 118 Å². The van der Waals surface area contributed by atoms with Crippen LogP contribution in [0.5, 0.6) is 0 Å². The lowest BCUT2D eigenvalue weighted by Crippen LogP contribution is -2.14. The molecule has 0 aliphatic heterocycles. The highest BCUT2D eigenvalue weighted by Crippen LogP contribution is 2.21. The molecule has 0 unspecified atom stereocenters. The van der Waals surface area contributed by atoms with Crippen molar-refractivity contribution in [3.63, 3.8) is 0 Å². The first-order valence-electron chi connectivity index (χ1n) is 6.00. The Bertz CT molecular complexity index is 803. The van der Waals surface area contributed by atoms with Gasteiger partial charge in [-0.05, 0) is 19.1 Å². The van der Waals surface area contributed by atoms with Crippen LogP contribution in [0.2, 0.25) is 0 Å². The summed E-state index contributed by atoms with van der Waals surface area (Å²) < 4.78 is 20.0. The van der Waals surface area contributed by atoms with Crippen LogP contribution >= 0.6 is 11.3 Å². The van der Waals surface area contributed by atoms with Gasteiger partial charge in [0.05, 0.1) is 17.9 Å². The van der Waals surface area contributed by atoms with E-state index in [2.05, 4.69) is 5.16 Å². The normalized spacial score (nSPS) is 10.9. The predicted octanol–water partition coefficient (Wildman–Crippen LogP) is 3.06. The van der Waals surface area contributed by atoms with E-state index in [4.69, 9.17) is 4.52 Å². The van der Waals surface area contributed by atoms with Crippen molar-refractivity contribution in [1.82, 2.24) is 9.72 Å². The minimum absolute atomic E-state index is 0.113. The molecule has 0 bridgehead atoms. The Morgan fingerprint density at radius 3 is 2.95 bits per heavy atom. The molecule has 0 aliphatic rings. The predicted molar refractivity (Wildman–Crippen MR) is 74.3 cm³/mol. The standard InChI is InChI=1S/C14H11FN2O2S/c1-9-5-12(19-16-9)7-17-13(8-20-14(17)18)10-3-2-4-11(15)6-10/h2-6,8H,7H2,1H3. The van der Waals surface area contributed by atoms with E-state index in [0.717, 1.165) is 17.0 Å². The summed E-state index contributed by atoms with van der Waals surface area (Å²) in [6, 6.07) is 7.95. The fourth-order valence-electron chi connectivity index (χ4n) is 2.00. The average Bonchev–Trinajstić information content (AvgIpc) is 2.98. The van der Waals surface area contributed by atoms with Gasteiger partial charge in [0.25, 0.3) is 0 Å². The number of halogens is 1. The molecule has 0 saturated carbocycles. The van der Waals surface area contributed by atoms with E-state index in [1.54, 1.807) is 28.1 Å². The molecule has 0 spiro atoms. The zero-order valence-electron chi connectivity index (χ0n) is 10.7. The largest absolute Gasteiger partial charge is 0.359 e. The third-order valence-electron chi connectivity index (χ3n) is 2.89. The van der Waals surface area contributed by atoms with Crippen LogP contribution in [0.1, 0.15) is 11.5 Å². The Hall–Kier alpha value is -2.21. The van der Waals surface area contributed by atoms with Gasteiger partial charge in [0, 0.05) is 17.0 Å². The first kappa shape index (κ1) is 12.8. The molecule has 1 aromatic carbocycles. The summed E-state index contributed by atoms with van der Waals surface area (Å²) in [6.07, 6.45) is 0. The van der Waals surface area contributed by atoms with Gasteiger partial charge in [0.2, 0.25) is 0 Å². The molecule has 2 aromatic heterocycles. The summed E-state index contributed by atoms with van der Waals surface area (Å²) in [5.74, 6) is 0.267. The summed E-state index contributed by atoms with van der Waals surface area (Å²) in [5, 5.41) is 5.52. The van der Waals surface area contributed by atoms with Crippen molar-refractivity contribution in [2.45, 2.75) is 13.5 Å². The topological polar surface area (TPSA) is 48.0 Å². The van der Waals surface area contributed by atoms with E-state index in [1.807, 2.05) is 6.92 Å². The molecule has 3 rings (SSSR count). The fraction of sp³-hybridized carbons (Fsp3) is 0.143. The van der Waals surface area contributed by atoms with Gasteiger partial charge >= 0.3 is 4.87 Å². The first-order valence-corrected chi connectivity index (χ1v) is 6.88. The molecule has 0 N–H and O–H groups in total. The Kier molecular flexibility index (Phi) is 3.23. The molecule has 4 nitrogen and oxygen atoms in total. The van der Waals surface area contributed by atoms with Crippen LogP contribution in [0.4, 0.5) is 4.39 Å². The van der Waals surface area contributed by atoms with Gasteiger partial charge in [-0.2, -0.15) is 0 Å². The van der Waals surface area contributed by atoms with E-state index in [1.165, 1.54) is 12.1 Å². The highest BCUT2D eigenvalue weighted by Gasteiger charge is 2.12. The van der Waals surface area contributed by atoms with Gasteiger partial charge in [0.15, 0.2) is 5.76 Å². The van der Waals surface area contributed by atoms with Crippen LogP contribution in [-0.4, -0.2) is 9.72 Å². The lowest BCUT2D eigenvalue weighted by Gasteiger charge is -2.05. The fourth-order valence-corrected chi connectivity index (χ4v) is 2.77. The van der Waals surface area contributed by atoms with Crippen LogP contribution in [0, 0.1) is 12.7 Å². The number of aryl methyl sites for hydroxylation is 1. The van der Waals surface area contributed by atoms with Crippen LogP contribution in [0.3, 0.4) is 0 Å². The van der Waals surface area contributed by atoms with Crippen molar-refractivity contribution >= 4 is 11.3 Å².